The lowest BCUT2D eigenvalue weighted by Crippen LogP contribution is -2.51. The maximum absolute atomic E-state index is 7.32. The first kappa shape index (κ1) is 6.13. The van der Waals surface area contributed by atoms with Crippen LogP contribution in [0.25, 0.3) is 0 Å². The number of rotatable bonds is 1. The van der Waals surface area contributed by atoms with Crippen molar-refractivity contribution in [2.45, 2.75) is 19.5 Å². The van der Waals surface area contributed by atoms with Crippen molar-refractivity contribution in [1.29, 1.82) is 5.41 Å². The zero-order valence-corrected chi connectivity index (χ0v) is 5.65. The summed E-state index contributed by atoms with van der Waals surface area (Å²) in [6.45, 7) is 3.70. The Morgan fingerprint density at radius 3 is 2.11 bits per heavy atom. The average Bonchev–Trinajstić information content (AvgIpc) is 2.16. The zero-order valence-electron chi connectivity index (χ0n) is 5.65. The molecule has 0 saturated heterocycles. The maximum Gasteiger partial charge on any atom is 0.143 e. The van der Waals surface area contributed by atoms with Crippen LogP contribution in [0.4, 0.5) is 0 Å². The van der Waals surface area contributed by atoms with Crippen molar-refractivity contribution < 1.29 is 0 Å². The fraction of sp³-hybridized carbons (Fsp3) is 0.500. The minimum Gasteiger partial charge on any atom is -0.363 e. The smallest absolute Gasteiger partial charge is 0.143 e. The standard InChI is InChI=1S/C6H11N3/c1-5(7)6(2)8-3-4-9-6/h3-4,7-9H,1-2H3. The van der Waals surface area contributed by atoms with Gasteiger partial charge in [0.25, 0.3) is 0 Å². The molecule has 0 unspecified atom stereocenters. The first-order valence-corrected chi connectivity index (χ1v) is 2.91. The lowest BCUT2D eigenvalue weighted by atomic mass is 10.1. The highest BCUT2D eigenvalue weighted by Crippen LogP contribution is 2.04. The van der Waals surface area contributed by atoms with E-state index in [9.17, 15) is 0 Å². The van der Waals surface area contributed by atoms with Gasteiger partial charge >= 0.3 is 0 Å². The van der Waals surface area contributed by atoms with Crippen molar-refractivity contribution >= 4 is 5.71 Å². The van der Waals surface area contributed by atoms with Gasteiger partial charge in [0.2, 0.25) is 0 Å². The topological polar surface area (TPSA) is 47.9 Å². The highest BCUT2D eigenvalue weighted by molar-refractivity contribution is 5.88. The van der Waals surface area contributed by atoms with Crippen molar-refractivity contribution in [2.24, 2.45) is 0 Å². The second-order valence-electron chi connectivity index (χ2n) is 2.37. The monoisotopic (exact) mass is 125 g/mol. The molecule has 0 fully saturated rings. The molecule has 0 aromatic heterocycles. The van der Waals surface area contributed by atoms with Crippen LogP contribution in [0.2, 0.25) is 0 Å². The fourth-order valence-corrected chi connectivity index (χ4v) is 0.675. The molecule has 1 aliphatic rings. The van der Waals surface area contributed by atoms with Crippen LogP contribution in [-0.2, 0) is 0 Å². The molecule has 0 saturated carbocycles. The largest absolute Gasteiger partial charge is 0.363 e. The van der Waals surface area contributed by atoms with E-state index in [1.807, 2.05) is 6.92 Å². The number of hydrogen-bond acceptors (Lipinski definition) is 3. The van der Waals surface area contributed by atoms with Crippen LogP contribution in [0.15, 0.2) is 12.4 Å². The van der Waals surface area contributed by atoms with Gasteiger partial charge in [-0.25, -0.2) is 0 Å². The lowest BCUT2D eigenvalue weighted by Gasteiger charge is -2.24. The van der Waals surface area contributed by atoms with Gasteiger partial charge in [0.05, 0.1) is 5.71 Å². The third-order valence-electron chi connectivity index (χ3n) is 1.58. The van der Waals surface area contributed by atoms with E-state index in [-0.39, 0.29) is 5.66 Å². The SMILES string of the molecule is CC(=N)C1(C)NC=CN1. The Morgan fingerprint density at radius 2 is 1.89 bits per heavy atom. The molecule has 3 heteroatoms. The van der Waals surface area contributed by atoms with Crippen LogP contribution >= 0.6 is 0 Å². The summed E-state index contributed by atoms with van der Waals surface area (Å²) in [7, 11) is 0. The first-order chi connectivity index (χ1) is 4.15. The molecule has 1 rings (SSSR count). The quantitative estimate of drug-likeness (QED) is 0.444. The van der Waals surface area contributed by atoms with E-state index in [4.69, 9.17) is 5.41 Å². The normalized spacial score (nSPS) is 20.7. The predicted octanol–water partition coefficient (Wildman–Crippen LogP) is 0.406. The first-order valence-electron chi connectivity index (χ1n) is 2.91. The van der Waals surface area contributed by atoms with Gasteiger partial charge in [0, 0.05) is 12.4 Å². The molecule has 3 nitrogen and oxygen atoms in total. The summed E-state index contributed by atoms with van der Waals surface area (Å²) in [4.78, 5) is 0. The number of nitrogens with one attached hydrogen (secondary N) is 3. The van der Waals surface area contributed by atoms with Gasteiger partial charge in [-0.05, 0) is 13.8 Å². The Kier molecular flexibility index (Phi) is 1.20. The van der Waals surface area contributed by atoms with Gasteiger partial charge < -0.3 is 16.0 Å². The van der Waals surface area contributed by atoms with E-state index >= 15 is 0 Å². The summed E-state index contributed by atoms with van der Waals surface area (Å²) < 4.78 is 0. The lowest BCUT2D eigenvalue weighted by molar-refractivity contribution is 0.513. The molecule has 3 N–H and O–H groups in total. The molecular formula is C6H11N3. The Balaban J connectivity index is 2.66. The fourth-order valence-electron chi connectivity index (χ4n) is 0.675. The summed E-state index contributed by atoms with van der Waals surface area (Å²) in [5.41, 5.74) is 0.257. The van der Waals surface area contributed by atoms with E-state index in [1.54, 1.807) is 19.3 Å². The highest BCUT2D eigenvalue weighted by atomic mass is 15.2. The van der Waals surface area contributed by atoms with Crippen LogP contribution in [0.1, 0.15) is 13.8 Å². The van der Waals surface area contributed by atoms with Crippen LogP contribution in [0.3, 0.4) is 0 Å². The third-order valence-corrected chi connectivity index (χ3v) is 1.58. The van der Waals surface area contributed by atoms with Gasteiger partial charge in [-0.3, -0.25) is 0 Å². The van der Waals surface area contributed by atoms with Crippen molar-refractivity contribution in [2.75, 3.05) is 0 Å². The summed E-state index contributed by atoms with van der Waals surface area (Å²) in [5.74, 6) is 0. The van der Waals surface area contributed by atoms with E-state index in [2.05, 4.69) is 10.6 Å². The molecule has 50 valence electrons. The molecule has 0 aromatic carbocycles. The van der Waals surface area contributed by atoms with Crippen LogP contribution < -0.4 is 10.6 Å². The van der Waals surface area contributed by atoms with Crippen molar-refractivity contribution in [1.82, 2.24) is 10.6 Å². The molecule has 0 bridgehead atoms. The molecule has 1 aliphatic heterocycles. The number of hydrogen-bond donors (Lipinski definition) is 3. The van der Waals surface area contributed by atoms with Crippen molar-refractivity contribution in [3.05, 3.63) is 12.4 Å². The maximum atomic E-state index is 7.32. The Hall–Kier alpha value is -0.990. The second-order valence-corrected chi connectivity index (χ2v) is 2.37. The molecule has 0 radical (unpaired) electrons. The minimum atomic E-state index is -0.333. The van der Waals surface area contributed by atoms with Crippen LogP contribution in [-0.4, -0.2) is 11.4 Å². The summed E-state index contributed by atoms with van der Waals surface area (Å²) in [6.07, 6.45) is 3.61. The Morgan fingerprint density at radius 1 is 1.44 bits per heavy atom. The van der Waals surface area contributed by atoms with Crippen molar-refractivity contribution in [3.8, 4) is 0 Å². The molecule has 0 aromatic rings. The van der Waals surface area contributed by atoms with Gasteiger partial charge in [-0.1, -0.05) is 0 Å². The van der Waals surface area contributed by atoms with Crippen LogP contribution in [0.5, 0.6) is 0 Å². The Bertz CT molecular complexity index is 152. The molecule has 0 aliphatic carbocycles. The minimum absolute atomic E-state index is 0.333. The third kappa shape index (κ3) is 0.896. The van der Waals surface area contributed by atoms with Gasteiger partial charge in [0.1, 0.15) is 5.66 Å². The average molecular weight is 125 g/mol. The van der Waals surface area contributed by atoms with Crippen LogP contribution in [0, 0.1) is 5.41 Å². The molecule has 0 atom stereocenters. The highest BCUT2D eigenvalue weighted by Gasteiger charge is 2.25. The van der Waals surface area contributed by atoms with Crippen molar-refractivity contribution in [3.63, 3.8) is 0 Å². The van der Waals surface area contributed by atoms with Gasteiger partial charge in [0.15, 0.2) is 0 Å². The van der Waals surface area contributed by atoms with E-state index in [0.717, 1.165) is 0 Å². The summed E-state index contributed by atoms with van der Waals surface area (Å²) in [5, 5.41) is 13.4. The summed E-state index contributed by atoms with van der Waals surface area (Å²) >= 11 is 0. The Labute approximate surface area is 54.7 Å². The summed E-state index contributed by atoms with van der Waals surface area (Å²) in [6, 6.07) is 0. The molecule has 1 heterocycles. The molecular weight excluding hydrogens is 114 g/mol. The molecule has 9 heavy (non-hydrogen) atoms. The van der Waals surface area contributed by atoms with E-state index in [0.29, 0.717) is 5.71 Å². The molecule has 0 amide bonds. The zero-order chi connectivity index (χ0) is 6.91. The van der Waals surface area contributed by atoms with Gasteiger partial charge in [-0.15, -0.1) is 0 Å². The van der Waals surface area contributed by atoms with E-state index in [1.165, 1.54) is 0 Å². The predicted molar refractivity (Wildman–Crippen MR) is 37.2 cm³/mol. The van der Waals surface area contributed by atoms with Gasteiger partial charge in [-0.2, -0.15) is 0 Å². The van der Waals surface area contributed by atoms with E-state index < -0.39 is 0 Å². The second kappa shape index (κ2) is 1.76. The molecule has 0 spiro atoms.